The van der Waals surface area contributed by atoms with Crippen molar-refractivity contribution in [3.05, 3.63) is 47.1 Å². The molecule has 1 spiro atoms. The molecule has 2 bridgehead atoms. The number of rotatable bonds is 8. The number of fused-ring (bicyclic) bond motifs is 2. The van der Waals surface area contributed by atoms with Gasteiger partial charge in [0, 0.05) is 58.2 Å². The smallest absolute Gasteiger partial charge is 0.316 e. The number of hydrogen-bond acceptors (Lipinski definition) is 15. The molecule has 0 radical (unpaired) electrons. The summed E-state index contributed by atoms with van der Waals surface area (Å²) in [7, 11) is 3.19. The van der Waals surface area contributed by atoms with Crippen LogP contribution in [0.1, 0.15) is 100 Å². The molecule has 354 valence electrons. The molecular weight excluding hydrogens is 817 g/mol. The molecule has 6 aliphatic heterocycles. The van der Waals surface area contributed by atoms with Gasteiger partial charge in [-0.05, 0) is 56.8 Å². The van der Waals surface area contributed by atoms with Gasteiger partial charge >= 0.3 is 5.97 Å². The number of carbonyl (C=O) groups is 2. The van der Waals surface area contributed by atoms with Crippen LogP contribution in [0.5, 0.6) is 0 Å². The zero-order valence-electron chi connectivity index (χ0n) is 38.7. The third-order valence-corrected chi connectivity index (χ3v) is 14.8. The van der Waals surface area contributed by atoms with Gasteiger partial charge in [-0.1, -0.05) is 64.5 Å². The zero-order chi connectivity index (χ0) is 45.5. The van der Waals surface area contributed by atoms with Crippen molar-refractivity contribution in [2.45, 2.75) is 198 Å². The average Bonchev–Trinajstić information content (AvgIpc) is 3.59. The Morgan fingerprint density at radius 3 is 2.32 bits per heavy atom. The van der Waals surface area contributed by atoms with Crippen LogP contribution >= 0.6 is 0 Å². The molecule has 7 rings (SSSR count). The summed E-state index contributed by atoms with van der Waals surface area (Å²) in [4.78, 5) is 27.8. The molecule has 0 saturated carbocycles. The second-order valence-corrected chi connectivity index (χ2v) is 19.3. The Labute approximate surface area is 372 Å². The maximum atomic E-state index is 14.4. The van der Waals surface area contributed by atoms with Crippen LogP contribution in [0.4, 0.5) is 0 Å². The van der Waals surface area contributed by atoms with Crippen LogP contribution < -0.4 is 0 Å². The molecular formula is C48H72O15. The van der Waals surface area contributed by atoms with Crippen LogP contribution in [0.2, 0.25) is 0 Å². The molecule has 0 aromatic carbocycles. The summed E-state index contributed by atoms with van der Waals surface area (Å²) in [6.07, 6.45) is 3.53. The quantitative estimate of drug-likeness (QED) is 0.223. The van der Waals surface area contributed by atoms with E-state index in [-0.39, 0.29) is 49.1 Å². The van der Waals surface area contributed by atoms with Gasteiger partial charge in [-0.25, -0.2) is 0 Å². The lowest BCUT2D eigenvalue weighted by atomic mass is 9.71. The first-order valence-electron chi connectivity index (χ1n) is 23.1. The molecule has 0 aromatic rings. The van der Waals surface area contributed by atoms with E-state index in [0.717, 1.165) is 12.0 Å². The number of methoxy groups -OCH3 is 2. The van der Waals surface area contributed by atoms with Gasteiger partial charge in [0.2, 0.25) is 0 Å². The minimum absolute atomic E-state index is 0.0499. The molecule has 63 heavy (non-hydrogen) atoms. The van der Waals surface area contributed by atoms with Crippen molar-refractivity contribution < 1.29 is 72.3 Å². The van der Waals surface area contributed by atoms with Crippen LogP contribution in [0.3, 0.4) is 0 Å². The maximum absolute atomic E-state index is 14.4. The van der Waals surface area contributed by atoms with Gasteiger partial charge < -0.3 is 62.7 Å². The van der Waals surface area contributed by atoms with Gasteiger partial charge in [0.05, 0.1) is 55.4 Å². The summed E-state index contributed by atoms with van der Waals surface area (Å²) in [5.41, 5.74) is -0.343. The Morgan fingerprint density at radius 2 is 1.60 bits per heavy atom. The molecule has 15 heteroatoms. The summed E-state index contributed by atoms with van der Waals surface area (Å²) in [5.74, 6) is -3.72. The zero-order valence-corrected chi connectivity index (χ0v) is 38.7. The Bertz CT molecular complexity index is 1760. The molecule has 0 unspecified atom stereocenters. The third kappa shape index (κ3) is 9.87. The van der Waals surface area contributed by atoms with Gasteiger partial charge in [-0.15, -0.1) is 0 Å². The number of allylic oxidation sites excluding steroid dienone is 2. The number of ketones is 1. The van der Waals surface area contributed by atoms with Crippen molar-refractivity contribution in [2.75, 3.05) is 20.8 Å². The number of carbonyl (C=O) groups excluding carboxylic acids is 2. The SMILES string of the molecule is CC[C@H](C)[C@H]1O[C@@]2(C[C@@H]3C[C@@H](C/C=C(\C)[C@@H](O[C@H]4C[C@H](OC)[C@@H](O[C@H]5C[C@H](OC)[C@@H](O)[C@H](C)O5)[C@H](C)O4)[C@@H](C)/C=C/C=C4\CO[C@@H]5C(=O)C(C)=C[C@@H](C(=O)O3)[C@]45O)O2)C[C@H](O)[C@@H]1C. The Balaban J connectivity index is 1.19. The maximum Gasteiger partial charge on any atom is 0.316 e. The van der Waals surface area contributed by atoms with E-state index < -0.39 is 103 Å². The predicted octanol–water partition coefficient (Wildman–Crippen LogP) is 4.78. The lowest BCUT2D eigenvalue weighted by molar-refractivity contribution is -0.354. The standard InChI is InChI=1S/C48H72O15/c1-11-24(2)43-28(6)35(49)22-47(63-43)21-33-18-32(62-47)16-15-26(4)42(25(3)13-12-14-31-23-56-45-40(50)27(5)17-34(46(52)59-33)48(31,45)53)60-39-20-37(55-10)44(30(8)58-39)61-38-19-36(54-9)41(51)29(7)57-38/h12-15,17,24-25,28-30,32-39,41-45,49,51,53H,11,16,18-23H2,1-10H3/b13-12+,26-15+,31-14+/t24-,25-,28-,29-,30-,32+,33-,34-,35-,36-,37-,38-,39-,41-,42-,43+,44-,45+,47-,48+/m0/s1. The van der Waals surface area contributed by atoms with Crippen LogP contribution in [0.25, 0.3) is 0 Å². The lowest BCUT2D eigenvalue weighted by Crippen LogP contribution is -2.59. The van der Waals surface area contributed by atoms with E-state index >= 15 is 0 Å². The van der Waals surface area contributed by atoms with Gasteiger partial charge in [-0.3, -0.25) is 9.59 Å². The summed E-state index contributed by atoms with van der Waals surface area (Å²) in [6.45, 7) is 15.5. The van der Waals surface area contributed by atoms with Gasteiger partial charge in [0.1, 0.15) is 29.8 Å². The molecule has 5 saturated heterocycles. The Morgan fingerprint density at radius 1 is 0.905 bits per heavy atom. The number of aliphatic hydroxyl groups is 3. The summed E-state index contributed by atoms with van der Waals surface area (Å²) >= 11 is 0. The first-order chi connectivity index (χ1) is 29.9. The summed E-state index contributed by atoms with van der Waals surface area (Å²) < 4.78 is 63.4. The molecule has 15 nitrogen and oxygen atoms in total. The lowest BCUT2D eigenvalue weighted by Gasteiger charge is -2.52. The average molecular weight is 889 g/mol. The second-order valence-electron chi connectivity index (χ2n) is 19.3. The van der Waals surface area contributed by atoms with Crippen molar-refractivity contribution >= 4 is 11.8 Å². The largest absolute Gasteiger partial charge is 0.462 e. The van der Waals surface area contributed by atoms with E-state index in [1.54, 1.807) is 40.2 Å². The first-order valence-corrected chi connectivity index (χ1v) is 23.1. The van der Waals surface area contributed by atoms with Gasteiger partial charge in [0.15, 0.2) is 30.3 Å². The molecule has 1 aliphatic carbocycles. The molecule has 7 aliphatic rings. The minimum Gasteiger partial charge on any atom is -0.462 e. The number of Topliss-reactive ketones (excluding diaryl/α,β-unsaturated/α-hetero) is 1. The van der Waals surface area contributed by atoms with Crippen molar-refractivity contribution in [3.8, 4) is 0 Å². The summed E-state index contributed by atoms with van der Waals surface area (Å²) in [5, 5.41) is 34.5. The van der Waals surface area contributed by atoms with Crippen LogP contribution in [-0.2, 0) is 57.0 Å². The highest BCUT2D eigenvalue weighted by molar-refractivity contribution is 6.03. The number of aliphatic hydroxyl groups excluding tert-OH is 2. The first kappa shape index (κ1) is 48.6. The normalized spacial score (nSPS) is 48.8. The van der Waals surface area contributed by atoms with Crippen molar-refractivity contribution in [3.63, 3.8) is 0 Å². The molecule has 3 N–H and O–H groups in total. The second kappa shape index (κ2) is 19.8. The van der Waals surface area contributed by atoms with Crippen LogP contribution in [-0.4, -0.2) is 145 Å². The highest BCUT2D eigenvalue weighted by Gasteiger charge is 2.60. The number of hydrogen-bond donors (Lipinski definition) is 3. The van der Waals surface area contributed by atoms with Crippen molar-refractivity contribution in [1.29, 1.82) is 0 Å². The fourth-order valence-corrected chi connectivity index (χ4v) is 10.8. The van der Waals surface area contributed by atoms with E-state index in [1.165, 1.54) is 6.08 Å². The highest BCUT2D eigenvalue weighted by atomic mass is 16.7. The highest BCUT2D eigenvalue weighted by Crippen LogP contribution is 2.47. The van der Waals surface area contributed by atoms with E-state index in [1.807, 2.05) is 33.8 Å². The molecule has 0 aromatic heterocycles. The van der Waals surface area contributed by atoms with E-state index in [4.69, 9.17) is 47.4 Å². The van der Waals surface area contributed by atoms with Crippen LogP contribution in [0.15, 0.2) is 47.1 Å². The van der Waals surface area contributed by atoms with E-state index in [9.17, 15) is 24.9 Å². The van der Waals surface area contributed by atoms with E-state index in [0.29, 0.717) is 36.8 Å². The Kier molecular flexibility index (Phi) is 15.3. The Hall–Kier alpha value is -2.38. The van der Waals surface area contributed by atoms with Crippen LogP contribution in [0, 0.1) is 23.7 Å². The molecule has 20 atom stereocenters. The number of ether oxygens (including phenoxy) is 10. The van der Waals surface area contributed by atoms with Crippen molar-refractivity contribution in [2.24, 2.45) is 23.7 Å². The molecule has 6 heterocycles. The minimum atomic E-state index is -1.97. The van der Waals surface area contributed by atoms with Gasteiger partial charge in [-0.2, -0.15) is 0 Å². The topological polar surface area (TPSA) is 187 Å². The van der Waals surface area contributed by atoms with Gasteiger partial charge in [0.25, 0.3) is 0 Å². The molecule has 0 amide bonds. The van der Waals surface area contributed by atoms with E-state index in [2.05, 4.69) is 19.9 Å². The van der Waals surface area contributed by atoms with Crippen molar-refractivity contribution in [1.82, 2.24) is 0 Å². The fourth-order valence-electron chi connectivity index (χ4n) is 10.8. The third-order valence-electron chi connectivity index (χ3n) is 14.8. The predicted molar refractivity (Wildman–Crippen MR) is 228 cm³/mol. The monoisotopic (exact) mass is 888 g/mol. The fraction of sp³-hybridized carbons (Fsp3) is 0.792. The number of esters is 1. The molecule has 5 fully saturated rings. The summed E-state index contributed by atoms with van der Waals surface area (Å²) in [6, 6.07) is 0.